The SMILES string of the molecule is COC(=O)c1ccc(Cl)c(S(=O)(=O)N[C@@H](C)C(C)C)c1. The maximum atomic E-state index is 12.3. The number of hydrogen-bond donors (Lipinski definition) is 1. The Kier molecular flexibility index (Phi) is 5.56. The number of ether oxygens (including phenoxy) is 1. The van der Waals surface area contributed by atoms with Crippen LogP contribution in [0.1, 0.15) is 31.1 Å². The molecule has 20 heavy (non-hydrogen) atoms. The van der Waals surface area contributed by atoms with E-state index >= 15 is 0 Å². The standard InChI is InChI=1S/C13H18ClNO4S/c1-8(2)9(3)15-20(17,18)12-7-10(13(16)19-4)5-6-11(12)14/h5-9,15H,1-4H3/t9-/m0/s1. The van der Waals surface area contributed by atoms with E-state index in [1.807, 2.05) is 13.8 Å². The van der Waals surface area contributed by atoms with Gasteiger partial charge in [-0.2, -0.15) is 0 Å². The van der Waals surface area contributed by atoms with Gasteiger partial charge < -0.3 is 4.74 Å². The van der Waals surface area contributed by atoms with Gasteiger partial charge in [0, 0.05) is 6.04 Å². The summed E-state index contributed by atoms with van der Waals surface area (Å²) >= 11 is 5.92. The second-order valence-corrected chi connectivity index (χ2v) is 6.88. The van der Waals surface area contributed by atoms with Crippen molar-refractivity contribution in [2.45, 2.75) is 31.7 Å². The second-order valence-electron chi connectivity index (χ2n) is 4.79. The number of halogens is 1. The molecule has 7 heteroatoms. The molecule has 5 nitrogen and oxygen atoms in total. The lowest BCUT2D eigenvalue weighted by Crippen LogP contribution is -2.36. The fourth-order valence-electron chi connectivity index (χ4n) is 1.40. The summed E-state index contributed by atoms with van der Waals surface area (Å²) in [5.41, 5.74) is 0.134. The van der Waals surface area contributed by atoms with Crippen LogP contribution in [-0.4, -0.2) is 27.5 Å². The van der Waals surface area contributed by atoms with Gasteiger partial charge in [0.2, 0.25) is 10.0 Å². The maximum Gasteiger partial charge on any atom is 0.337 e. The van der Waals surface area contributed by atoms with Crippen LogP contribution in [0.5, 0.6) is 0 Å². The molecule has 1 aromatic rings. The van der Waals surface area contributed by atoms with Crippen molar-refractivity contribution >= 4 is 27.6 Å². The molecular weight excluding hydrogens is 302 g/mol. The number of carbonyl (C=O) groups excluding carboxylic acids is 1. The van der Waals surface area contributed by atoms with Crippen LogP contribution in [0.2, 0.25) is 5.02 Å². The van der Waals surface area contributed by atoms with Crippen molar-refractivity contribution in [3.05, 3.63) is 28.8 Å². The molecule has 0 saturated heterocycles. The van der Waals surface area contributed by atoms with Crippen LogP contribution >= 0.6 is 11.6 Å². The van der Waals surface area contributed by atoms with Gasteiger partial charge in [0.1, 0.15) is 4.90 Å². The molecule has 1 atom stereocenters. The van der Waals surface area contributed by atoms with E-state index in [4.69, 9.17) is 11.6 Å². The highest BCUT2D eigenvalue weighted by atomic mass is 35.5. The number of esters is 1. The van der Waals surface area contributed by atoms with E-state index in [9.17, 15) is 13.2 Å². The minimum Gasteiger partial charge on any atom is -0.465 e. The van der Waals surface area contributed by atoms with Gasteiger partial charge in [0.05, 0.1) is 17.7 Å². The molecule has 0 aliphatic heterocycles. The molecule has 0 radical (unpaired) electrons. The van der Waals surface area contributed by atoms with Crippen LogP contribution in [0.25, 0.3) is 0 Å². The minimum absolute atomic E-state index is 0.0566. The van der Waals surface area contributed by atoms with Crippen LogP contribution < -0.4 is 4.72 Å². The fourth-order valence-corrected chi connectivity index (χ4v) is 3.32. The van der Waals surface area contributed by atoms with Crippen molar-refractivity contribution in [3.8, 4) is 0 Å². The van der Waals surface area contributed by atoms with Gasteiger partial charge in [-0.05, 0) is 31.0 Å². The van der Waals surface area contributed by atoms with E-state index in [0.29, 0.717) is 0 Å². The Morgan fingerprint density at radius 1 is 1.30 bits per heavy atom. The first-order chi connectivity index (χ1) is 9.19. The van der Waals surface area contributed by atoms with Crippen molar-refractivity contribution < 1.29 is 17.9 Å². The summed E-state index contributed by atoms with van der Waals surface area (Å²) in [5, 5.41) is 0.0566. The first-order valence-corrected chi connectivity index (χ1v) is 7.95. The molecular formula is C13H18ClNO4S. The number of nitrogens with one attached hydrogen (secondary N) is 1. The van der Waals surface area contributed by atoms with Gasteiger partial charge in [-0.3, -0.25) is 0 Å². The van der Waals surface area contributed by atoms with Gasteiger partial charge in [0.25, 0.3) is 0 Å². The van der Waals surface area contributed by atoms with Crippen molar-refractivity contribution in [2.75, 3.05) is 7.11 Å². The Balaban J connectivity index is 3.20. The molecule has 112 valence electrons. The molecule has 0 heterocycles. The largest absolute Gasteiger partial charge is 0.465 e. The molecule has 1 rings (SSSR count). The minimum atomic E-state index is -3.79. The van der Waals surface area contributed by atoms with Gasteiger partial charge in [0.15, 0.2) is 0 Å². The number of benzene rings is 1. The topological polar surface area (TPSA) is 72.5 Å². The van der Waals surface area contributed by atoms with Crippen LogP contribution in [0, 0.1) is 5.92 Å². The Hall–Kier alpha value is -1.11. The van der Waals surface area contributed by atoms with E-state index in [2.05, 4.69) is 9.46 Å². The normalized spacial score (nSPS) is 13.3. The van der Waals surface area contributed by atoms with Crippen molar-refractivity contribution in [3.63, 3.8) is 0 Å². The number of methoxy groups -OCH3 is 1. The molecule has 0 aliphatic rings. The summed E-state index contributed by atoms with van der Waals surface area (Å²) in [6, 6.07) is 3.74. The van der Waals surface area contributed by atoms with Crippen molar-refractivity contribution in [1.82, 2.24) is 4.72 Å². The highest BCUT2D eigenvalue weighted by molar-refractivity contribution is 7.89. The van der Waals surface area contributed by atoms with Gasteiger partial charge >= 0.3 is 5.97 Å². The quantitative estimate of drug-likeness (QED) is 0.846. The second kappa shape index (κ2) is 6.56. The third kappa shape index (κ3) is 3.94. The molecule has 0 aromatic heterocycles. The zero-order valence-electron chi connectivity index (χ0n) is 11.8. The average Bonchev–Trinajstić information content (AvgIpc) is 2.37. The molecule has 1 aromatic carbocycles. The van der Waals surface area contributed by atoms with Gasteiger partial charge in [-0.15, -0.1) is 0 Å². The van der Waals surface area contributed by atoms with Crippen LogP contribution in [0.3, 0.4) is 0 Å². The molecule has 0 fully saturated rings. The fraction of sp³-hybridized carbons (Fsp3) is 0.462. The monoisotopic (exact) mass is 319 g/mol. The summed E-state index contributed by atoms with van der Waals surface area (Å²) in [7, 11) is -2.56. The predicted molar refractivity (Wildman–Crippen MR) is 77.4 cm³/mol. The van der Waals surface area contributed by atoms with E-state index < -0.39 is 16.0 Å². The molecule has 0 amide bonds. The molecule has 0 spiro atoms. The Morgan fingerprint density at radius 3 is 2.40 bits per heavy atom. The van der Waals surface area contributed by atoms with E-state index in [-0.39, 0.29) is 27.4 Å². The number of hydrogen-bond acceptors (Lipinski definition) is 4. The van der Waals surface area contributed by atoms with Crippen LogP contribution in [-0.2, 0) is 14.8 Å². The van der Waals surface area contributed by atoms with E-state index in [1.165, 1.54) is 25.3 Å². The van der Waals surface area contributed by atoms with Crippen molar-refractivity contribution in [2.24, 2.45) is 5.92 Å². The smallest absolute Gasteiger partial charge is 0.337 e. The van der Waals surface area contributed by atoms with Crippen LogP contribution in [0.4, 0.5) is 0 Å². The summed E-state index contributed by atoms with van der Waals surface area (Å²) < 4.78 is 31.7. The number of carbonyl (C=O) groups is 1. The molecule has 0 bridgehead atoms. The highest BCUT2D eigenvalue weighted by Crippen LogP contribution is 2.23. The molecule has 0 saturated carbocycles. The first kappa shape index (κ1) is 16.9. The van der Waals surface area contributed by atoms with Gasteiger partial charge in [-0.1, -0.05) is 25.4 Å². The summed E-state index contributed by atoms with van der Waals surface area (Å²) in [5.74, 6) is -0.484. The lowest BCUT2D eigenvalue weighted by molar-refractivity contribution is 0.0600. The zero-order valence-corrected chi connectivity index (χ0v) is 13.4. The third-order valence-corrected chi connectivity index (χ3v) is 5.02. The van der Waals surface area contributed by atoms with Crippen molar-refractivity contribution in [1.29, 1.82) is 0 Å². The maximum absolute atomic E-state index is 12.3. The third-order valence-electron chi connectivity index (χ3n) is 2.98. The number of sulfonamides is 1. The van der Waals surface area contributed by atoms with E-state index in [0.717, 1.165) is 0 Å². The Bertz CT molecular complexity index is 598. The lowest BCUT2D eigenvalue weighted by atomic mass is 10.1. The summed E-state index contributed by atoms with van der Waals surface area (Å²) in [4.78, 5) is 11.3. The Labute approximate surface area is 124 Å². The average molecular weight is 320 g/mol. The van der Waals surface area contributed by atoms with E-state index in [1.54, 1.807) is 6.92 Å². The van der Waals surface area contributed by atoms with Gasteiger partial charge in [-0.25, -0.2) is 17.9 Å². The highest BCUT2D eigenvalue weighted by Gasteiger charge is 2.23. The summed E-state index contributed by atoms with van der Waals surface area (Å²) in [6.07, 6.45) is 0. The summed E-state index contributed by atoms with van der Waals surface area (Å²) in [6.45, 7) is 5.57. The lowest BCUT2D eigenvalue weighted by Gasteiger charge is -2.18. The molecule has 0 aliphatic carbocycles. The zero-order chi connectivity index (χ0) is 15.5. The predicted octanol–water partition coefficient (Wildman–Crippen LogP) is 2.45. The number of rotatable bonds is 5. The molecule has 1 N–H and O–H groups in total. The first-order valence-electron chi connectivity index (χ1n) is 6.09. The van der Waals surface area contributed by atoms with Crippen LogP contribution in [0.15, 0.2) is 23.1 Å². The molecule has 0 unspecified atom stereocenters. The Morgan fingerprint density at radius 2 is 1.90 bits per heavy atom.